The predicted molar refractivity (Wildman–Crippen MR) is 73.9 cm³/mol. The van der Waals surface area contributed by atoms with Gasteiger partial charge in [-0.15, -0.1) is 0 Å². The van der Waals surface area contributed by atoms with Crippen molar-refractivity contribution in [1.82, 2.24) is 5.16 Å². The lowest BCUT2D eigenvalue weighted by molar-refractivity contribution is 0.0727. The van der Waals surface area contributed by atoms with Crippen LogP contribution in [0.2, 0.25) is 0 Å². The molecule has 2 aromatic rings. The third-order valence-corrected chi connectivity index (χ3v) is 3.01. The molecule has 0 saturated heterocycles. The van der Waals surface area contributed by atoms with Gasteiger partial charge in [-0.3, -0.25) is 4.79 Å². The predicted octanol–water partition coefficient (Wildman–Crippen LogP) is 2.72. The van der Waals surface area contributed by atoms with Gasteiger partial charge in [0.2, 0.25) is 0 Å². The lowest BCUT2D eigenvalue weighted by atomic mass is 10.1. The molecule has 1 heterocycles. The summed E-state index contributed by atoms with van der Waals surface area (Å²) in [5, 5.41) is 3.71. The van der Waals surface area contributed by atoms with E-state index in [9.17, 15) is 9.59 Å². The van der Waals surface area contributed by atoms with Crippen LogP contribution in [0.3, 0.4) is 0 Å². The molecule has 0 aliphatic heterocycles. The van der Waals surface area contributed by atoms with Gasteiger partial charge in [0.25, 0.3) is 0 Å². The standard InChI is InChI=1S/C15H15NO5/c1-8-14(10(3)21-16-8)15(18)20-12-6-5-11(9(2)17)7-13(12)19-4/h5-7H,1-4H3. The second-order valence-corrected chi connectivity index (χ2v) is 4.51. The summed E-state index contributed by atoms with van der Waals surface area (Å²) in [6.45, 7) is 4.74. The number of Topliss-reactive ketones (excluding diaryl/α,β-unsaturated/α-hetero) is 1. The molecule has 0 saturated carbocycles. The molecule has 2 rings (SSSR count). The molecule has 6 nitrogen and oxygen atoms in total. The summed E-state index contributed by atoms with van der Waals surface area (Å²) in [5.41, 5.74) is 1.22. The molecule has 6 heteroatoms. The van der Waals surface area contributed by atoms with Crippen LogP contribution >= 0.6 is 0 Å². The van der Waals surface area contributed by atoms with Crippen LogP contribution in [0.25, 0.3) is 0 Å². The first-order chi connectivity index (χ1) is 9.93. The molecule has 0 unspecified atom stereocenters. The highest BCUT2D eigenvalue weighted by atomic mass is 16.6. The minimum Gasteiger partial charge on any atom is -0.493 e. The number of hydrogen-bond donors (Lipinski definition) is 0. The number of aromatic nitrogens is 1. The van der Waals surface area contributed by atoms with Gasteiger partial charge in [0.05, 0.1) is 12.8 Å². The summed E-state index contributed by atoms with van der Waals surface area (Å²) < 4.78 is 15.4. The third-order valence-electron chi connectivity index (χ3n) is 3.01. The number of rotatable bonds is 4. The number of carbonyl (C=O) groups is 2. The molecule has 0 spiro atoms. The van der Waals surface area contributed by atoms with Crippen LogP contribution in [0.1, 0.15) is 39.1 Å². The van der Waals surface area contributed by atoms with E-state index in [0.717, 1.165) is 0 Å². The third kappa shape index (κ3) is 2.94. The molecule has 1 aromatic carbocycles. The first-order valence-corrected chi connectivity index (χ1v) is 6.28. The topological polar surface area (TPSA) is 78.6 Å². The largest absolute Gasteiger partial charge is 0.493 e. The van der Waals surface area contributed by atoms with Crippen LogP contribution in [0.4, 0.5) is 0 Å². The van der Waals surface area contributed by atoms with E-state index in [1.54, 1.807) is 19.9 Å². The summed E-state index contributed by atoms with van der Waals surface area (Å²) >= 11 is 0. The number of esters is 1. The molecule has 0 fully saturated rings. The Labute approximate surface area is 121 Å². The molecule has 0 aliphatic rings. The molecule has 0 bridgehead atoms. The van der Waals surface area contributed by atoms with E-state index in [0.29, 0.717) is 22.8 Å². The van der Waals surface area contributed by atoms with E-state index in [-0.39, 0.29) is 17.1 Å². The van der Waals surface area contributed by atoms with Crippen molar-refractivity contribution in [2.45, 2.75) is 20.8 Å². The first-order valence-electron chi connectivity index (χ1n) is 6.28. The Balaban J connectivity index is 2.31. The van der Waals surface area contributed by atoms with Crippen molar-refractivity contribution >= 4 is 11.8 Å². The summed E-state index contributed by atoms with van der Waals surface area (Å²) in [6.07, 6.45) is 0. The van der Waals surface area contributed by atoms with Gasteiger partial charge in [-0.1, -0.05) is 5.16 Å². The number of carbonyl (C=O) groups excluding carboxylic acids is 2. The minimum atomic E-state index is -0.583. The van der Waals surface area contributed by atoms with Crippen LogP contribution in [0.15, 0.2) is 22.7 Å². The number of ether oxygens (including phenoxy) is 2. The Morgan fingerprint density at radius 3 is 2.43 bits per heavy atom. The maximum absolute atomic E-state index is 12.2. The van der Waals surface area contributed by atoms with E-state index in [1.165, 1.54) is 26.2 Å². The van der Waals surface area contributed by atoms with Crippen LogP contribution in [0.5, 0.6) is 11.5 Å². The van der Waals surface area contributed by atoms with Gasteiger partial charge < -0.3 is 14.0 Å². The average Bonchev–Trinajstić information content (AvgIpc) is 2.78. The molecular formula is C15H15NO5. The normalized spacial score (nSPS) is 10.3. The molecule has 21 heavy (non-hydrogen) atoms. The second-order valence-electron chi connectivity index (χ2n) is 4.51. The molecular weight excluding hydrogens is 274 g/mol. The van der Waals surface area contributed by atoms with Crippen LogP contribution in [0, 0.1) is 13.8 Å². The highest BCUT2D eigenvalue weighted by Gasteiger charge is 2.21. The monoisotopic (exact) mass is 289 g/mol. The van der Waals surface area contributed by atoms with Crippen molar-refractivity contribution in [1.29, 1.82) is 0 Å². The van der Waals surface area contributed by atoms with Crippen LogP contribution < -0.4 is 9.47 Å². The molecule has 1 aromatic heterocycles. The van der Waals surface area contributed by atoms with Crippen LogP contribution in [-0.2, 0) is 0 Å². The summed E-state index contributed by atoms with van der Waals surface area (Å²) in [7, 11) is 1.44. The number of aryl methyl sites for hydroxylation is 2. The van der Waals surface area contributed by atoms with Crippen molar-refractivity contribution < 1.29 is 23.6 Å². The molecule has 0 aliphatic carbocycles. The fourth-order valence-electron chi connectivity index (χ4n) is 1.90. The Kier molecular flexibility index (Phi) is 4.07. The highest BCUT2D eigenvalue weighted by Crippen LogP contribution is 2.29. The number of methoxy groups -OCH3 is 1. The van der Waals surface area contributed by atoms with E-state index in [2.05, 4.69) is 5.16 Å². The van der Waals surface area contributed by atoms with Gasteiger partial charge in [-0.05, 0) is 39.0 Å². The van der Waals surface area contributed by atoms with Gasteiger partial charge in [0, 0.05) is 5.56 Å². The van der Waals surface area contributed by atoms with Gasteiger partial charge in [0.15, 0.2) is 17.3 Å². The lowest BCUT2D eigenvalue weighted by Crippen LogP contribution is -2.11. The highest BCUT2D eigenvalue weighted by molar-refractivity contribution is 5.96. The molecule has 110 valence electrons. The van der Waals surface area contributed by atoms with Crippen molar-refractivity contribution in [3.05, 3.63) is 40.8 Å². The quantitative estimate of drug-likeness (QED) is 0.489. The lowest BCUT2D eigenvalue weighted by Gasteiger charge is -2.10. The zero-order valence-electron chi connectivity index (χ0n) is 12.2. The number of nitrogens with zero attached hydrogens (tertiary/aromatic N) is 1. The first kappa shape index (κ1) is 14.8. The molecule has 0 amide bonds. The maximum atomic E-state index is 12.2. The zero-order valence-corrected chi connectivity index (χ0v) is 12.2. The second kappa shape index (κ2) is 5.78. The van der Waals surface area contributed by atoms with Crippen molar-refractivity contribution in [2.24, 2.45) is 0 Å². The smallest absolute Gasteiger partial charge is 0.349 e. The Morgan fingerprint density at radius 2 is 1.90 bits per heavy atom. The molecule has 0 atom stereocenters. The summed E-state index contributed by atoms with van der Waals surface area (Å²) in [4.78, 5) is 23.5. The van der Waals surface area contributed by atoms with Crippen molar-refractivity contribution in [3.8, 4) is 11.5 Å². The van der Waals surface area contributed by atoms with E-state index >= 15 is 0 Å². The fourth-order valence-corrected chi connectivity index (χ4v) is 1.90. The van der Waals surface area contributed by atoms with Gasteiger partial charge >= 0.3 is 5.97 Å². The number of benzene rings is 1. The Hall–Kier alpha value is -2.63. The molecule has 0 radical (unpaired) electrons. The molecule has 0 N–H and O–H groups in total. The van der Waals surface area contributed by atoms with Crippen molar-refractivity contribution in [3.63, 3.8) is 0 Å². The van der Waals surface area contributed by atoms with Crippen molar-refractivity contribution in [2.75, 3.05) is 7.11 Å². The SMILES string of the molecule is COc1cc(C(C)=O)ccc1OC(=O)c1c(C)noc1C. The number of ketones is 1. The van der Waals surface area contributed by atoms with E-state index in [1.807, 2.05) is 0 Å². The fraction of sp³-hybridized carbons (Fsp3) is 0.267. The summed E-state index contributed by atoms with van der Waals surface area (Å²) in [5.74, 6) is 0.240. The zero-order chi connectivity index (χ0) is 15.6. The Bertz CT molecular complexity index is 683. The Morgan fingerprint density at radius 1 is 1.19 bits per heavy atom. The average molecular weight is 289 g/mol. The van der Waals surface area contributed by atoms with E-state index < -0.39 is 5.97 Å². The summed E-state index contributed by atoms with van der Waals surface area (Å²) in [6, 6.07) is 4.62. The van der Waals surface area contributed by atoms with Crippen LogP contribution in [-0.4, -0.2) is 24.0 Å². The van der Waals surface area contributed by atoms with Gasteiger partial charge in [-0.25, -0.2) is 4.79 Å². The maximum Gasteiger partial charge on any atom is 0.349 e. The van der Waals surface area contributed by atoms with E-state index in [4.69, 9.17) is 14.0 Å². The minimum absolute atomic E-state index is 0.100. The van der Waals surface area contributed by atoms with Gasteiger partial charge in [0.1, 0.15) is 11.3 Å². The number of hydrogen-bond acceptors (Lipinski definition) is 6. The van der Waals surface area contributed by atoms with Gasteiger partial charge in [-0.2, -0.15) is 0 Å².